The summed E-state index contributed by atoms with van der Waals surface area (Å²) >= 11 is 0. The molecule has 1 fully saturated rings. The van der Waals surface area contributed by atoms with Crippen molar-refractivity contribution in [2.24, 2.45) is 0 Å². The number of aromatic amines is 1. The number of rotatable bonds is 8. The summed E-state index contributed by atoms with van der Waals surface area (Å²) in [5.41, 5.74) is 3.65. The van der Waals surface area contributed by atoms with Crippen LogP contribution in [0.25, 0.3) is 22.6 Å². The minimum absolute atomic E-state index is 0.0419. The van der Waals surface area contributed by atoms with Crippen LogP contribution in [-0.2, 0) is 6.54 Å². The zero-order chi connectivity index (χ0) is 21.8. The summed E-state index contributed by atoms with van der Waals surface area (Å²) in [6.45, 7) is 8.82. The molecule has 3 aromatic rings. The summed E-state index contributed by atoms with van der Waals surface area (Å²) in [7, 11) is 0. The van der Waals surface area contributed by atoms with Gasteiger partial charge in [-0.3, -0.25) is 4.98 Å². The Kier molecular flexibility index (Phi) is 6.41. The Bertz CT molecular complexity index is 976. The van der Waals surface area contributed by atoms with Gasteiger partial charge in [-0.15, -0.1) is 10.2 Å². The van der Waals surface area contributed by atoms with E-state index >= 15 is 0 Å². The number of tetrazole rings is 1. The van der Waals surface area contributed by atoms with Crippen LogP contribution < -0.4 is 0 Å². The molecular formula is C23H31N7O. The summed E-state index contributed by atoms with van der Waals surface area (Å²) in [5, 5.41) is 28.4. The highest BCUT2D eigenvalue weighted by Gasteiger charge is 2.45. The third-order valence-electron chi connectivity index (χ3n) is 6.28. The van der Waals surface area contributed by atoms with E-state index in [0.29, 0.717) is 12.4 Å². The summed E-state index contributed by atoms with van der Waals surface area (Å²) < 4.78 is -0.162. The Labute approximate surface area is 183 Å². The van der Waals surface area contributed by atoms with Gasteiger partial charge in [-0.25, -0.2) is 4.90 Å². The molecule has 0 spiro atoms. The number of benzene rings is 1. The van der Waals surface area contributed by atoms with Crippen molar-refractivity contribution in [2.45, 2.75) is 58.8 Å². The normalized spacial score (nSPS) is 24.0. The van der Waals surface area contributed by atoms with Crippen molar-refractivity contribution in [2.75, 3.05) is 13.1 Å². The maximum absolute atomic E-state index is 14.0. The molecule has 4 rings (SSSR count). The molecule has 0 bridgehead atoms. The van der Waals surface area contributed by atoms with E-state index in [-0.39, 0.29) is 16.9 Å². The fraction of sp³-hybridized carbons (Fsp3) is 0.478. The van der Waals surface area contributed by atoms with Gasteiger partial charge < -0.3 is 9.85 Å². The molecule has 1 N–H and O–H groups in total. The summed E-state index contributed by atoms with van der Waals surface area (Å²) in [5.74, 6) is 0.514. The Morgan fingerprint density at radius 2 is 1.97 bits per heavy atom. The predicted octanol–water partition coefficient (Wildman–Crippen LogP) is 3.98. The first-order valence-corrected chi connectivity index (χ1v) is 11.2. The highest BCUT2D eigenvalue weighted by atomic mass is 16.6. The zero-order valence-corrected chi connectivity index (χ0v) is 18.5. The monoisotopic (exact) mass is 421 g/mol. The highest BCUT2D eigenvalue weighted by molar-refractivity contribution is 5.76. The topological polar surface area (TPSA) is 93.6 Å². The van der Waals surface area contributed by atoms with E-state index in [1.165, 1.54) is 0 Å². The maximum atomic E-state index is 14.0. The van der Waals surface area contributed by atoms with Gasteiger partial charge in [-0.05, 0) is 37.1 Å². The van der Waals surface area contributed by atoms with E-state index in [1.54, 1.807) is 6.20 Å². The fourth-order valence-electron chi connectivity index (χ4n) is 4.76. The first kappa shape index (κ1) is 21.5. The molecule has 1 aliphatic rings. The van der Waals surface area contributed by atoms with E-state index in [1.807, 2.05) is 24.3 Å². The lowest BCUT2D eigenvalue weighted by atomic mass is 10.0. The van der Waals surface area contributed by atoms with Crippen molar-refractivity contribution in [3.8, 4) is 22.6 Å². The second kappa shape index (κ2) is 9.21. The average molecular weight is 422 g/mol. The van der Waals surface area contributed by atoms with E-state index in [9.17, 15) is 5.21 Å². The molecule has 1 saturated heterocycles. The second-order valence-corrected chi connectivity index (χ2v) is 8.46. The first-order valence-electron chi connectivity index (χ1n) is 11.2. The van der Waals surface area contributed by atoms with Crippen LogP contribution in [0.4, 0.5) is 0 Å². The molecule has 3 heterocycles. The largest absolute Gasteiger partial charge is 0.631 e. The van der Waals surface area contributed by atoms with Crippen LogP contribution in [0.2, 0.25) is 0 Å². The van der Waals surface area contributed by atoms with Gasteiger partial charge in [-0.2, -0.15) is 5.21 Å². The molecule has 1 aromatic carbocycles. The molecule has 8 heteroatoms. The van der Waals surface area contributed by atoms with Gasteiger partial charge in [-0.1, -0.05) is 38.1 Å². The number of quaternary nitrogens is 1. The van der Waals surface area contributed by atoms with Crippen LogP contribution in [0.15, 0.2) is 42.6 Å². The fourth-order valence-corrected chi connectivity index (χ4v) is 4.76. The van der Waals surface area contributed by atoms with E-state index in [0.717, 1.165) is 54.7 Å². The third-order valence-corrected chi connectivity index (χ3v) is 6.28. The number of aromatic nitrogens is 5. The lowest BCUT2D eigenvalue weighted by Gasteiger charge is -2.48. The van der Waals surface area contributed by atoms with Gasteiger partial charge in [0.15, 0.2) is 0 Å². The van der Waals surface area contributed by atoms with Crippen LogP contribution in [-0.4, -0.2) is 60.5 Å². The van der Waals surface area contributed by atoms with Gasteiger partial charge in [0, 0.05) is 35.9 Å². The number of hydroxylamine groups is 3. The maximum Gasteiger partial charge on any atom is 0.206 e. The van der Waals surface area contributed by atoms with Crippen LogP contribution in [0.5, 0.6) is 0 Å². The van der Waals surface area contributed by atoms with E-state index in [2.05, 4.69) is 63.4 Å². The lowest BCUT2D eigenvalue weighted by molar-refractivity contribution is -0.931. The van der Waals surface area contributed by atoms with E-state index in [4.69, 9.17) is 0 Å². The minimum atomic E-state index is -0.162. The molecule has 0 saturated carbocycles. The van der Waals surface area contributed by atoms with Gasteiger partial charge >= 0.3 is 0 Å². The van der Waals surface area contributed by atoms with Crippen molar-refractivity contribution in [3.05, 3.63) is 53.4 Å². The van der Waals surface area contributed by atoms with Crippen LogP contribution in [0.3, 0.4) is 0 Å². The number of hydrogen-bond acceptors (Lipinski definition) is 6. The molecule has 8 nitrogen and oxygen atoms in total. The quantitative estimate of drug-likeness (QED) is 0.437. The van der Waals surface area contributed by atoms with Gasteiger partial charge in [0.05, 0.1) is 12.2 Å². The Morgan fingerprint density at radius 3 is 2.65 bits per heavy atom. The zero-order valence-electron chi connectivity index (χ0n) is 18.5. The minimum Gasteiger partial charge on any atom is -0.631 e. The van der Waals surface area contributed by atoms with Crippen molar-refractivity contribution < 1.29 is 4.65 Å². The van der Waals surface area contributed by atoms with Gasteiger partial charge in [0.1, 0.15) is 18.8 Å². The molecule has 1 aliphatic heterocycles. The molecule has 0 amide bonds. The number of hydrogen-bond donors (Lipinski definition) is 1. The first-order chi connectivity index (χ1) is 15.1. The highest BCUT2D eigenvalue weighted by Crippen LogP contribution is 2.35. The second-order valence-electron chi connectivity index (χ2n) is 8.46. The number of pyridine rings is 1. The molecular weight excluding hydrogens is 390 g/mol. The van der Waals surface area contributed by atoms with Crippen molar-refractivity contribution in [1.29, 1.82) is 0 Å². The van der Waals surface area contributed by atoms with E-state index < -0.39 is 0 Å². The Hall–Kier alpha value is -2.68. The standard InChI is InChI=1S/C23H31N7O/c1-4-7-21-29(14-5-2)15-17(3)30(21,31)16-18-9-11-19(12-10-18)22-20(8-6-13-24-22)23-25-27-28-26-23/h6,8-13,17,21H,4-5,7,14-16H2,1-3H3,(H,25,26,27,28). The smallest absolute Gasteiger partial charge is 0.206 e. The van der Waals surface area contributed by atoms with Crippen molar-refractivity contribution in [1.82, 2.24) is 30.5 Å². The average Bonchev–Trinajstić information content (AvgIpc) is 3.39. The molecule has 2 aromatic heterocycles. The summed E-state index contributed by atoms with van der Waals surface area (Å²) in [6.07, 6.45) is 4.84. The molecule has 164 valence electrons. The Balaban J connectivity index is 1.58. The van der Waals surface area contributed by atoms with Crippen molar-refractivity contribution >= 4 is 0 Å². The molecule has 3 atom stereocenters. The third kappa shape index (κ3) is 4.23. The molecule has 0 aliphatic carbocycles. The van der Waals surface area contributed by atoms with Crippen molar-refractivity contribution in [3.63, 3.8) is 0 Å². The number of nitrogens with zero attached hydrogens (tertiary/aromatic N) is 6. The molecule has 31 heavy (non-hydrogen) atoms. The summed E-state index contributed by atoms with van der Waals surface area (Å²) in [6, 6.07) is 12.0. The summed E-state index contributed by atoms with van der Waals surface area (Å²) in [4.78, 5) is 6.94. The van der Waals surface area contributed by atoms with Gasteiger partial charge in [0.25, 0.3) is 0 Å². The van der Waals surface area contributed by atoms with Crippen LogP contribution in [0.1, 0.15) is 45.6 Å². The Morgan fingerprint density at radius 1 is 1.16 bits per heavy atom. The molecule has 0 radical (unpaired) electrons. The predicted molar refractivity (Wildman–Crippen MR) is 120 cm³/mol. The molecule has 3 unspecified atom stereocenters. The number of nitrogens with one attached hydrogen (secondary N) is 1. The SMILES string of the molecule is CCCC1N(CCC)CC(C)[N+]1([O-])Cc1ccc(-c2ncccc2-c2nn[nH]n2)cc1. The van der Waals surface area contributed by atoms with Crippen LogP contribution >= 0.6 is 0 Å². The van der Waals surface area contributed by atoms with Crippen LogP contribution in [0, 0.1) is 5.21 Å². The van der Waals surface area contributed by atoms with Gasteiger partial charge in [0.2, 0.25) is 5.82 Å². The lowest BCUT2D eigenvalue weighted by Crippen LogP contribution is -2.53. The number of H-pyrrole nitrogens is 1.